The lowest BCUT2D eigenvalue weighted by Crippen LogP contribution is -2.36. The van der Waals surface area contributed by atoms with Crippen LogP contribution in [0.2, 0.25) is 0 Å². The third kappa shape index (κ3) is 16.4. The summed E-state index contributed by atoms with van der Waals surface area (Å²) in [5.41, 5.74) is 2.52. The molecule has 4 rings (SSSR count). The van der Waals surface area contributed by atoms with Gasteiger partial charge in [0.25, 0.3) is 5.91 Å². The summed E-state index contributed by atoms with van der Waals surface area (Å²) in [6, 6.07) is 8.05. The molecule has 1 aliphatic heterocycles. The monoisotopic (exact) mass is 851 g/mol. The van der Waals surface area contributed by atoms with Gasteiger partial charge in [0.2, 0.25) is 5.91 Å². The van der Waals surface area contributed by atoms with Crippen LogP contribution in [0.25, 0.3) is 11.0 Å². The molecule has 1 saturated heterocycles. The first-order chi connectivity index (χ1) is 28.6. The number of halogens is 3. The van der Waals surface area contributed by atoms with E-state index in [4.69, 9.17) is 9.72 Å². The quantitative estimate of drug-likeness (QED) is 0.0527. The van der Waals surface area contributed by atoms with Crippen molar-refractivity contribution in [3.63, 3.8) is 0 Å². The first-order valence-electron chi connectivity index (χ1n) is 20.6. The maximum Gasteiger partial charge on any atom is 0.416 e. The SMILES string of the molecule is CC/C=C\C/C=C\C/C=C\C/C=C\C/C=C\CCCC(=O)NCCSSCCNC(=O)c1cc(N2CCOCC2)cc2c1nc(C)n2Cc1cccc(C(F)(F)F)c1C. The zero-order valence-electron chi connectivity index (χ0n) is 34.7. The summed E-state index contributed by atoms with van der Waals surface area (Å²) < 4.78 is 48.6. The number of nitrogens with one attached hydrogen (secondary N) is 2. The van der Waals surface area contributed by atoms with E-state index in [2.05, 4.69) is 83.2 Å². The number of aromatic nitrogens is 2. The lowest BCUT2D eigenvalue weighted by atomic mass is 10.0. The van der Waals surface area contributed by atoms with E-state index < -0.39 is 11.7 Å². The number of carbonyl (C=O) groups is 2. The van der Waals surface area contributed by atoms with Crippen molar-refractivity contribution in [1.29, 1.82) is 0 Å². The minimum absolute atomic E-state index is 0.0588. The van der Waals surface area contributed by atoms with Crippen LogP contribution in [0.1, 0.15) is 91.2 Å². The zero-order chi connectivity index (χ0) is 42.3. The molecule has 1 aliphatic rings. The Bertz CT molecular complexity index is 1930. The lowest BCUT2D eigenvalue weighted by Gasteiger charge is -2.29. The van der Waals surface area contributed by atoms with Crippen LogP contribution < -0.4 is 15.5 Å². The highest BCUT2D eigenvalue weighted by atomic mass is 33.1. The number of imidazole rings is 1. The minimum Gasteiger partial charge on any atom is -0.378 e. The second kappa shape index (κ2) is 26.1. The Morgan fingerprint density at radius 3 is 2.08 bits per heavy atom. The number of aryl methyl sites for hydroxylation is 1. The van der Waals surface area contributed by atoms with Crippen molar-refractivity contribution < 1.29 is 27.5 Å². The van der Waals surface area contributed by atoms with Crippen molar-refractivity contribution in [2.45, 2.75) is 84.9 Å². The number of hydrogen-bond donors (Lipinski definition) is 2. The smallest absolute Gasteiger partial charge is 0.378 e. The topological polar surface area (TPSA) is 88.5 Å². The van der Waals surface area contributed by atoms with Crippen molar-refractivity contribution in [1.82, 2.24) is 20.2 Å². The number of ether oxygens (including phenoxy) is 1. The van der Waals surface area contributed by atoms with Gasteiger partial charge in [0.15, 0.2) is 0 Å². The summed E-state index contributed by atoms with van der Waals surface area (Å²) in [7, 11) is 3.28. The molecule has 13 heteroatoms. The molecule has 2 aromatic carbocycles. The number of morpholine rings is 1. The molecule has 0 spiro atoms. The number of amides is 2. The molecule has 59 heavy (non-hydrogen) atoms. The zero-order valence-corrected chi connectivity index (χ0v) is 36.3. The van der Waals surface area contributed by atoms with Crippen molar-refractivity contribution in [2.24, 2.45) is 0 Å². The molecule has 320 valence electrons. The molecule has 0 radical (unpaired) electrons. The Kier molecular flexibility index (Phi) is 21.0. The molecule has 3 aromatic rings. The van der Waals surface area contributed by atoms with E-state index in [-0.39, 0.29) is 23.9 Å². The normalized spacial score (nSPS) is 14.0. The molecule has 0 unspecified atom stereocenters. The minimum atomic E-state index is -4.45. The van der Waals surface area contributed by atoms with Crippen LogP contribution in [-0.4, -0.2) is 72.3 Å². The molecule has 1 aromatic heterocycles. The Hall–Kier alpha value is -4.20. The van der Waals surface area contributed by atoms with E-state index in [0.717, 1.165) is 62.5 Å². The van der Waals surface area contributed by atoms with E-state index in [1.807, 2.05) is 23.6 Å². The van der Waals surface area contributed by atoms with Crippen LogP contribution in [0.5, 0.6) is 0 Å². The van der Waals surface area contributed by atoms with Crippen LogP contribution in [0.3, 0.4) is 0 Å². The maximum absolute atomic E-state index is 13.7. The second-order valence-electron chi connectivity index (χ2n) is 14.1. The second-order valence-corrected chi connectivity index (χ2v) is 16.8. The number of carbonyl (C=O) groups excluding carboxylic acids is 2. The van der Waals surface area contributed by atoms with E-state index in [1.54, 1.807) is 27.7 Å². The van der Waals surface area contributed by atoms with Crippen LogP contribution in [0, 0.1) is 13.8 Å². The van der Waals surface area contributed by atoms with Gasteiger partial charge in [-0.2, -0.15) is 13.2 Å². The van der Waals surface area contributed by atoms with Gasteiger partial charge in [-0.05, 0) is 88.1 Å². The molecule has 2 amide bonds. The van der Waals surface area contributed by atoms with E-state index >= 15 is 0 Å². The molecule has 0 atom stereocenters. The molecule has 0 aliphatic carbocycles. The lowest BCUT2D eigenvalue weighted by molar-refractivity contribution is -0.138. The van der Waals surface area contributed by atoms with Gasteiger partial charge < -0.3 is 24.8 Å². The van der Waals surface area contributed by atoms with Crippen molar-refractivity contribution in [3.8, 4) is 0 Å². The van der Waals surface area contributed by atoms with Crippen LogP contribution in [0.15, 0.2) is 91.1 Å². The fourth-order valence-electron chi connectivity index (χ4n) is 6.52. The fourth-order valence-corrected chi connectivity index (χ4v) is 8.34. The maximum atomic E-state index is 13.7. The number of allylic oxidation sites excluding steroid dienone is 10. The van der Waals surface area contributed by atoms with Gasteiger partial charge in [-0.25, -0.2) is 4.98 Å². The summed E-state index contributed by atoms with van der Waals surface area (Å²) in [6.45, 7) is 9.09. The Balaban J connectivity index is 1.15. The van der Waals surface area contributed by atoms with Crippen molar-refractivity contribution >= 4 is 50.1 Å². The predicted octanol–water partition coefficient (Wildman–Crippen LogP) is 10.7. The molecule has 0 saturated carbocycles. The van der Waals surface area contributed by atoms with Crippen molar-refractivity contribution in [2.75, 3.05) is 55.8 Å². The van der Waals surface area contributed by atoms with Gasteiger partial charge in [0.1, 0.15) is 11.3 Å². The number of unbranched alkanes of at least 4 members (excludes halogenated alkanes) is 1. The van der Waals surface area contributed by atoms with E-state index in [0.29, 0.717) is 79.6 Å². The number of nitrogens with zero attached hydrogens (tertiary/aromatic N) is 3. The highest BCUT2D eigenvalue weighted by Crippen LogP contribution is 2.34. The van der Waals surface area contributed by atoms with Crippen LogP contribution >= 0.6 is 21.6 Å². The van der Waals surface area contributed by atoms with E-state index in [9.17, 15) is 22.8 Å². The van der Waals surface area contributed by atoms with Gasteiger partial charge in [-0.15, -0.1) is 0 Å². The Morgan fingerprint density at radius 2 is 1.46 bits per heavy atom. The highest BCUT2D eigenvalue weighted by molar-refractivity contribution is 8.76. The summed E-state index contributed by atoms with van der Waals surface area (Å²) in [6.07, 6.45) is 24.4. The first kappa shape index (κ1) is 47.5. The highest BCUT2D eigenvalue weighted by Gasteiger charge is 2.33. The fraction of sp³-hybridized carbons (Fsp3) is 0.457. The third-order valence-corrected chi connectivity index (χ3v) is 12.1. The largest absolute Gasteiger partial charge is 0.416 e. The summed E-state index contributed by atoms with van der Waals surface area (Å²) in [5, 5.41) is 6.02. The summed E-state index contributed by atoms with van der Waals surface area (Å²) >= 11 is 0. The number of anilines is 1. The molecular formula is C46H60F3N5O3S2. The average molecular weight is 852 g/mol. The number of rotatable bonds is 24. The van der Waals surface area contributed by atoms with Crippen LogP contribution in [-0.2, 0) is 22.3 Å². The molecule has 0 bridgehead atoms. The van der Waals surface area contributed by atoms with Gasteiger partial charge in [-0.1, -0.05) is 101 Å². The van der Waals surface area contributed by atoms with Gasteiger partial charge in [-0.3, -0.25) is 9.59 Å². The number of alkyl halides is 3. The predicted molar refractivity (Wildman–Crippen MR) is 241 cm³/mol. The van der Waals surface area contributed by atoms with Crippen LogP contribution in [0.4, 0.5) is 18.9 Å². The van der Waals surface area contributed by atoms with Gasteiger partial charge in [0.05, 0.1) is 29.9 Å². The molecular weight excluding hydrogens is 792 g/mol. The first-order valence-corrected chi connectivity index (χ1v) is 23.1. The Morgan fingerprint density at radius 1 is 0.847 bits per heavy atom. The van der Waals surface area contributed by atoms with Crippen molar-refractivity contribution in [3.05, 3.63) is 119 Å². The summed E-state index contributed by atoms with van der Waals surface area (Å²) in [4.78, 5) is 32.8. The number of benzene rings is 2. The summed E-state index contributed by atoms with van der Waals surface area (Å²) in [5.74, 6) is 1.83. The number of hydrogen-bond acceptors (Lipinski definition) is 7. The van der Waals surface area contributed by atoms with Gasteiger partial charge >= 0.3 is 6.18 Å². The average Bonchev–Trinajstić information content (AvgIpc) is 3.54. The molecule has 1 fully saturated rings. The Labute approximate surface area is 356 Å². The standard InChI is InChI=1S/C46H60F3N5O3S2/c1-4-5-6-7-8-9-10-11-12-13-14-15-16-17-18-19-20-24-43(55)50-25-31-58-59-32-26-51-45(56)40-33-39(53-27-29-57-30-28-53)34-42-44(40)52-37(3)54(42)35-38-22-21-23-41(36(38)2)46(47,48)49/h5-6,8-9,11-12,14-15,17-18,21-23,33-34H,4,7,10,13,16,19-20,24-32,35H2,1-3H3,(H,50,55)(H,51,56)/b6-5-,9-8-,12-11-,15-14-,18-17-. The molecule has 2 heterocycles. The number of fused-ring (bicyclic) bond motifs is 1. The molecule has 2 N–H and O–H groups in total. The third-order valence-electron chi connectivity index (χ3n) is 9.72. The molecule has 8 nitrogen and oxygen atoms in total. The van der Waals surface area contributed by atoms with Gasteiger partial charge in [0, 0.05) is 56.3 Å². The van der Waals surface area contributed by atoms with E-state index in [1.165, 1.54) is 13.0 Å².